The lowest BCUT2D eigenvalue weighted by Crippen LogP contribution is -2.32. The van der Waals surface area contributed by atoms with E-state index in [4.69, 9.17) is 0 Å². The lowest BCUT2D eigenvalue weighted by atomic mass is 10.3. The maximum absolute atomic E-state index is 11.8. The van der Waals surface area contributed by atoms with Gasteiger partial charge in [-0.05, 0) is 25.0 Å². The standard InChI is InChI=1S/C17H22N6O/c24-17(21-14-6-2-1-3-7-14)19-9-8-18-16-12-15(13-20-22-16)23-10-4-5-11-23/h1-3,6-7,12-13H,4-5,8-11H2,(H,18,22)(H2,19,21,24). The van der Waals surface area contributed by atoms with Crippen LogP contribution in [0.15, 0.2) is 42.6 Å². The summed E-state index contributed by atoms with van der Waals surface area (Å²) in [7, 11) is 0. The smallest absolute Gasteiger partial charge is 0.319 e. The van der Waals surface area contributed by atoms with Gasteiger partial charge in [-0.25, -0.2) is 4.79 Å². The van der Waals surface area contributed by atoms with Gasteiger partial charge in [0.1, 0.15) is 0 Å². The number of hydrogen-bond acceptors (Lipinski definition) is 5. The number of anilines is 3. The average Bonchev–Trinajstić information content (AvgIpc) is 3.15. The Bertz CT molecular complexity index is 657. The van der Waals surface area contributed by atoms with Crippen LogP contribution in [0.1, 0.15) is 12.8 Å². The Hall–Kier alpha value is -2.83. The summed E-state index contributed by atoms with van der Waals surface area (Å²) in [6.07, 6.45) is 4.25. The van der Waals surface area contributed by atoms with Crippen molar-refractivity contribution in [1.82, 2.24) is 15.5 Å². The molecular formula is C17H22N6O. The van der Waals surface area contributed by atoms with Crippen LogP contribution in [-0.2, 0) is 0 Å². The van der Waals surface area contributed by atoms with Crippen LogP contribution in [0, 0.1) is 0 Å². The molecular weight excluding hydrogens is 304 g/mol. The van der Waals surface area contributed by atoms with Crippen molar-refractivity contribution >= 4 is 23.2 Å². The number of amides is 2. The Kier molecular flexibility index (Phi) is 5.44. The van der Waals surface area contributed by atoms with Crippen LogP contribution in [0.4, 0.5) is 22.0 Å². The fourth-order valence-electron chi connectivity index (χ4n) is 2.65. The highest BCUT2D eigenvalue weighted by molar-refractivity contribution is 5.89. The largest absolute Gasteiger partial charge is 0.370 e. The van der Waals surface area contributed by atoms with Crippen molar-refractivity contribution in [3.8, 4) is 0 Å². The molecule has 1 fully saturated rings. The second-order valence-corrected chi connectivity index (χ2v) is 5.67. The Morgan fingerprint density at radius 2 is 1.92 bits per heavy atom. The fourth-order valence-corrected chi connectivity index (χ4v) is 2.65. The van der Waals surface area contributed by atoms with E-state index in [2.05, 4.69) is 31.0 Å². The van der Waals surface area contributed by atoms with E-state index in [0.29, 0.717) is 13.1 Å². The first-order valence-corrected chi connectivity index (χ1v) is 8.23. The van der Waals surface area contributed by atoms with Gasteiger partial charge in [-0.15, -0.1) is 5.10 Å². The molecule has 0 unspecified atom stereocenters. The highest BCUT2D eigenvalue weighted by Crippen LogP contribution is 2.20. The Morgan fingerprint density at radius 3 is 2.71 bits per heavy atom. The number of aromatic nitrogens is 2. The van der Waals surface area contributed by atoms with Crippen LogP contribution >= 0.6 is 0 Å². The zero-order chi connectivity index (χ0) is 16.6. The normalized spacial score (nSPS) is 13.6. The molecule has 2 aromatic rings. The molecule has 1 saturated heterocycles. The van der Waals surface area contributed by atoms with E-state index in [0.717, 1.165) is 30.3 Å². The summed E-state index contributed by atoms with van der Waals surface area (Å²) in [5.41, 5.74) is 1.87. The van der Waals surface area contributed by atoms with Gasteiger partial charge >= 0.3 is 6.03 Å². The van der Waals surface area contributed by atoms with E-state index < -0.39 is 0 Å². The van der Waals surface area contributed by atoms with Gasteiger partial charge in [-0.2, -0.15) is 5.10 Å². The molecule has 0 bridgehead atoms. The number of urea groups is 1. The lowest BCUT2D eigenvalue weighted by Gasteiger charge is -2.17. The van der Waals surface area contributed by atoms with E-state index >= 15 is 0 Å². The van der Waals surface area contributed by atoms with E-state index in [9.17, 15) is 4.79 Å². The van der Waals surface area contributed by atoms with Gasteiger partial charge < -0.3 is 20.9 Å². The van der Waals surface area contributed by atoms with Gasteiger partial charge in [0.15, 0.2) is 5.82 Å². The van der Waals surface area contributed by atoms with Crippen molar-refractivity contribution in [2.75, 3.05) is 41.7 Å². The number of rotatable bonds is 6. The molecule has 1 aliphatic heterocycles. The first-order chi connectivity index (χ1) is 11.8. The molecule has 1 aromatic carbocycles. The minimum atomic E-state index is -0.222. The first kappa shape index (κ1) is 16.0. The molecule has 1 aliphatic rings. The zero-order valence-electron chi connectivity index (χ0n) is 13.5. The monoisotopic (exact) mass is 326 g/mol. The van der Waals surface area contributed by atoms with E-state index in [1.165, 1.54) is 12.8 Å². The van der Waals surface area contributed by atoms with Crippen molar-refractivity contribution in [3.05, 3.63) is 42.6 Å². The number of nitrogens with one attached hydrogen (secondary N) is 3. The fraction of sp³-hybridized carbons (Fsp3) is 0.353. The molecule has 0 aliphatic carbocycles. The summed E-state index contributed by atoms with van der Waals surface area (Å²) in [6.45, 7) is 3.23. The summed E-state index contributed by atoms with van der Waals surface area (Å²) < 4.78 is 0. The summed E-state index contributed by atoms with van der Waals surface area (Å²) in [4.78, 5) is 14.1. The lowest BCUT2D eigenvalue weighted by molar-refractivity contribution is 0.252. The molecule has 1 aromatic heterocycles. The Morgan fingerprint density at radius 1 is 1.12 bits per heavy atom. The van der Waals surface area contributed by atoms with E-state index in [-0.39, 0.29) is 6.03 Å². The molecule has 7 nitrogen and oxygen atoms in total. The maximum Gasteiger partial charge on any atom is 0.319 e. The quantitative estimate of drug-likeness (QED) is 0.710. The third kappa shape index (κ3) is 4.58. The molecule has 0 saturated carbocycles. The molecule has 3 rings (SSSR count). The van der Waals surface area contributed by atoms with Crippen molar-refractivity contribution < 1.29 is 4.79 Å². The molecule has 0 radical (unpaired) electrons. The number of para-hydroxylation sites is 1. The number of carbonyl (C=O) groups is 1. The molecule has 7 heteroatoms. The van der Waals surface area contributed by atoms with Crippen molar-refractivity contribution in [1.29, 1.82) is 0 Å². The van der Waals surface area contributed by atoms with E-state index in [1.54, 1.807) is 6.20 Å². The van der Waals surface area contributed by atoms with Gasteiger partial charge in [0.05, 0.1) is 11.9 Å². The van der Waals surface area contributed by atoms with Gasteiger partial charge in [-0.3, -0.25) is 0 Å². The molecule has 2 heterocycles. The Labute approximate surface area is 141 Å². The zero-order valence-corrected chi connectivity index (χ0v) is 13.5. The highest BCUT2D eigenvalue weighted by atomic mass is 16.2. The molecule has 126 valence electrons. The molecule has 2 amide bonds. The third-order valence-electron chi connectivity index (χ3n) is 3.86. The van der Waals surface area contributed by atoms with Crippen LogP contribution < -0.4 is 20.9 Å². The van der Waals surface area contributed by atoms with Crippen LogP contribution in [-0.4, -0.2) is 42.4 Å². The van der Waals surface area contributed by atoms with E-state index in [1.807, 2.05) is 36.4 Å². The van der Waals surface area contributed by atoms with Crippen LogP contribution in [0.5, 0.6) is 0 Å². The predicted molar refractivity (Wildman–Crippen MR) is 95.4 cm³/mol. The summed E-state index contributed by atoms with van der Waals surface area (Å²) in [5.74, 6) is 0.727. The first-order valence-electron chi connectivity index (χ1n) is 8.23. The second kappa shape index (κ2) is 8.14. The predicted octanol–water partition coefficient (Wildman–Crippen LogP) is 2.31. The average molecular weight is 326 g/mol. The highest BCUT2D eigenvalue weighted by Gasteiger charge is 2.13. The summed E-state index contributed by atoms with van der Waals surface area (Å²) in [6, 6.07) is 11.1. The van der Waals surface area contributed by atoms with Crippen LogP contribution in [0.25, 0.3) is 0 Å². The minimum Gasteiger partial charge on any atom is -0.370 e. The maximum atomic E-state index is 11.8. The topological polar surface area (TPSA) is 82.2 Å². The van der Waals surface area contributed by atoms with Crippen molar-refractivity contribution in [2.24, 2.45) is 0 Å². The minimum absolute atomic E-state index is 0.222. The number of nitrogens with zero attached hydrogens (tertiary/aromatic N) is 3. The molecule has 0 atom stereocenters. The SMILES string of the molecule is O=C(NCCNc1cc(N2CCCC2)cnn1)Nc1ccccc1. The molecule has 0 spiro atoms. The van der Waals surface area contributed by atoms with Crippen LogP contribution in [0.2, 0.25) is 0 Å². The number of carbonyl (C=O) groups excluding carboxylic acids is 1. The van der Waals surface area contributed by atoms with Gasteiger partial charge in [0, 0.05) is 37.9 Å². The van der Waals surface area contributed by atoms with Gasteiger partial charge in [-0.1, -0.05) is 18.2 Å². The van der Waals surface area contributed by atoms with Gasteiger partial charge in [0.25, 0.3) is 0 Å². The summed E-state index contributed by atoms with van der Waals surface area (Å²) in [5, 5.41) is 16.9. The van der Waals surface area contributed by atoms with Crippen molar-refractivity contribution in [3.63, 3.8) is 0 Å². The molecule has 3 N–H and O–H groups in total. The van der Waals surface area contributed by atoms with Gasteiger partial charge in [0.2, 0.25) is 0 Å². The molecule has 24 heavy (non-hydrogen) atoms. The Balaban J connectivity index is 1.40. The number of benzene rings is 1. The van der Waals surface area contributed by atoms with Crippen LogP contribution in [0.3, 0.4) is 0 Å². The van der Waals surface area contributed by atoms with Crippen molar-refractivity contribution in [2.45, 2.75) is 12.8 Å². The third-order valence-corrected chi connectivity index (χ3v) is 3.86. The second-order valence-electron chi connectivity index (χ2n) is 5.67. The number of hydrogen-bond donors (Lipinski definition) is 3. The summed E-state index contributed by atoms with van der Waals surface area (Å²) >= 11 is 0.